The number of amides is 2. The highest BCUT2D eigenvalue weighted by Gasteiger charge is 2.29. The van der Waals surface area contributed by atoms with Crippen molar-refractivity contribution in [1.29, 1.82) is 0 Å². The van der Waals surface area contributed by atoms with Gasteiger partial charge in [-0.2, -0.15) is 0 Å². The van der Waals surface area contributed by atoms with E-state index < -0.39 is 6.04 Å². The first-order valence-corrected chi connectivity index (χ1v) is 11.2. The number of aryl methyl sites for hydroxylation is 3. The lowest BCUT2D eigenvalue weighted by atomic mass is 10.1. The largest absolute Gasteiger partial charge is 0.484 e. The predicted molar refractivity (Wildman–Crippen MR) is 128 cm³/mol. The Kier molecular flexibility index (Phi) is 8.29. The zero-order chi connectivity index (χ0) is 23.3. The van der Waals surface area contributed by atoms with Gasteiger partial charge in [-0.3, -0.25) is 9.59 Å². The summed E-state index contributed by atoms with van der Waals surface area (Å²) in [7, 11) is 0. The highest BCUT2D eigenvalue weighted by molar-refractivity contribution is 9.10. The van der Waals surface area contributed by atoms with Crippen LogP contribution in [0.15, 0.2) is 40.9 Å². The number of hydrogen-bond donors (Lipinski definition) is 1. The van der Waals surface area contributed by atoms with Crippen LogP contribution in [0.4, 0.5) is 0 Å². The third-order valence-electron chi connectivity index (χ3n) is 5.04. The van der Waals surface area contributed by atoms with E-state index in [2.05, 4.69) is 21.2 Å². The Bertz CT molecular complexity index is 927. The second-order valence-corrected chi connectivity index (χ2v) is 9.82. The Morgan fingerprint density at radius 2 is 1.65 bits per heavy atom. The van der Waals surface area contributed by atoms with Gasteiger partial charge < -0.3 is 15.0 Å². The van der Waals surface area contributed by atoms with Gasteiger partial charge in [0.2, 0.25) is 5.91 Å². The van der Waals surface area contributed by atoms with Crippen molar-refractivity contribution in [2.75, 3.05) is 6.61 Å². The van der Waals surface area contributed by atoms with Crippen LogP contribution in [0, 0.1) is 20.8 Å². The number of halogens is 1. The topological polar surface area (TPSA) is 58.6 Å². The molecule has 6 heteroatoms. The molecule has 2 aromatic carbocycles. The summed E-state index contributed by atoms with van der Waals surface area (Å²) in [6.45, 7) is 13.7. The van der Waals surface area contributed by atoms with E-state index in [4.69, 9.17) is 4.74 Å². The molecule has 0 aliphatic heterocycles. The Balaban J connectivity index is 2.23. The minimum Gasteiger partial charge on any atom is -0.484 e. The summed E-state index contributed by atoms with van der Waals surface area (Å²) >= 11 is 3.54. The van der Waals surface area contributed by atoms with Crippen LogP contribution in [-0.2, 0) is 16.1 Å². The van der Waals surface area contributed by atoms with Gasteiger partial charge in [0.05, 0.1) is 0 Å². The van der Waals surface area contributed by atoms with E-state index in [1.807, 2.05) is 77.9 Å². The molecule has 0 radical (unpaired) electrons. The van der Waals surface area contributed by atoms with Crippen molar-refractivity contribution in [2.45, 2.75) is 66.6 Å². The minimum atomic E-state index is -0.636. The molecular weight excluding hydrogens is 456 g/mol. The molecule has 1 atom stereocenters. The Hall–Kier alpha value is -2.34. The number of carbonyl (C=O) groups is 2. The van der Waals surface area contributed by atoms with E-state index in [1.54, 1.807) is 11.8 Å². The van der Waals surface area contributed by atoms with Gasteiger partial charge in [0.15, 0.2) is 6.61 Å². The molecule has 0 aliphatic rings. The summed E-state index contributed by atoms with van der Waals surface area (Å²) in [5.74, 6) is 0.206. The van der Waals surface area contributed by atoms with Crippen molar-refractivity contribution in [2.24, 2.45) is 0 Å². The SMILES string of the molecule is Cc1ccccc1CN(C(=O)COc1cc(C)c(Br)c(C)c1)C(C)C(=O)NC(C)(C)C. The number of ether oxygens (including phenoxy) is 1. The van der Waals surface area contributed by atoms with Gasteiger partial charge in [-0.25, -0.2) is 0 Å². The van der Waals surface area contributed by atoms with Crippen molar-refractivity contribution in [1.82, 2.24) is 10.2 Å². The Labute approximate surface area is 194 Å². The first-order chi connectivity index (χ1) is 14.4. The quantitative estimate of drug-likeness (QED) is 0.590. The second kappa shape index (κ2) is 10.3. The van der Waals surface area contributed by atoms with Crippen LogP contribution >= 0.6 is 15.9 Å². The number of nitrogens with zero attached hydrogens (tertiary/aromatic N) is 1. The summed E-state index contributed by atoms with van der Waals surface area (Å²) in [5.41, 5.74) is 3.77. The molecule has 0 heterocycles. The number of benzene rings is 2. The number of carbonyl (C=O) groups excluding carboxylic acids is 2. The summed E-state index contributed by atoms with van der Waals surface area (Å²) in [6.07, 6.45) is 0. The van der Waals surface area contributed by atoms with Crippen molar-refractivity contribution < 1.29 is 14.3 Å². The first kappa shape index (κ1) is 24.9. The van der Waals surface area contributed by atoms with Gasteiger partial charge >= 0.3 is 0 Å². The van der Waals surface area contributed by atoms with Crippen molar-refractivity contribution in [3.8, 4) is 5.75 Å². The molecule has 31 heavy (non-hydrogen) atoms. The first-order valence-electron chi connectivity index (χ1n) is 10.4. The van der Waals surface area contributed by atoms with Crippen LogP contribution in [-0.4, -0.2) is 34.9 Å². The molecule has 0 aromatic heterocycles. The maximum absolute atomic E-state index is 13.2. The normalized spacial score (nSPS) is 12.3. The Morgan fingerprint density at radius 3 is 2.19 bits per heavy atom. The van der Waals surface area contributed by atoms with Gasteiger partial charge in [-0.1, -0.05) is 40.2 Å². The van der Waals surface area contributed by atoms with Crippen molar-refractivity contribution in [3.05, 3.63) is 63.1 Å². The van der Waals surface area contributed by atoms with Crippen LogP contribution < -0.4 is 10.1 Å². The van der Waals surface area contributed by atoms with Gasteiger partial charge in [0, 0.05) is 16.6 Å². The van der Waals surface area contributed by atoms with E-state index in [-0.39, 0.29) is 24.0 Å². The fraction of sp³-hybridized carbons (Fsp3) is 0.440. The van der Waals surface area contributed by atoms with Crippen LogP contribution in [0.5, 0.6) is 5.75 Å². The minimum absolute atomic E-state index is 0.139. The molecule has 0 saturated carbocycles. The average Bonchev–Trinajstić information content (AvgIpc) is 2.67. The van der Waals surface area contributed by atoms with E-state index in [0.29, 0.717) is 12.3 Å². The molecule has 2 rings (SSSR count). The molecule has 2 aromatic rings. The molecule has 1 N–H and O–H groups in total. The standard InChI is InChI=1S/C25H33BrN2O3/c1-16-10-8-9-11-20(16)14-28(19(4)24(30)27-25(5,6)7)22(29)15-31-21-12-17(2)23(26)18(3)13-21/h8-13,19H,14-15H2,1-7H3,(H,27,30). The average molecular weight is 489 g/mol. The highest BCUT2D eigenvalue weighted by atomic mass is 79.9. The molecule has 0 saturated heterocycles. The van der Waals surface area contributed by atoms with E-state index in [0.717, 1.165) is 26.7 Å². The summed E-state index contributed by atoms with van der Waals surface area (Å²) < 4.78 is 6.85. The molecule has 5 nitrogen and oxygen atoms in total. The third kappa shape index (κ3) is 7.10. The monoisotopic (exact) mass is 488 g/mol. The molecule has 0 aliphatic carbocycles. The fourth-order valence-electron chi connectivity index (χ4n) is 3.25. The molecule has 1 unspecified atom stereocenters. The Morgan fingerprint density at radius 1 is 1.06 bits per heavy atom. The van der Waals surface area contributed by atoms with Crippen molar-refractivity contribution >= 4 is 27.7 Å². The lowest BCUT2D eigenvalue weighted by Crippen LogP contribution is -2.53. The molecular formula is C25H33BrN2O3. The molecule has 2 amide bonds. The zero-order valence-electron chi connectivity index (χ0n) is 19.5. The van der Waals surface area contributed by atoms with E-state index in [9.17, 15) is 9.59 Å². The second-order valence-electron chi connectivity index (χ2n) is 9.02. The highest BCUT2D eigenvalue weighted by Crippen LogP contribution is 2.26. The molecule has 0 fully saturated rings. The van der Waals surface area contributed by atoms with Crippen molar-refractivity contribution in [3.63, 3.8) is 0 Å². The van der Waals surface area contributed by atoms with Crippen LogP contribution in [0.25, 0.3) is 0 Å². The predicted octanol–water partition coefficient (Wildman–Crippen LogP) is 5.09. The van der Waals surface area contributed by atoms with E-state index in [1.165, 1.54) is 0 Å². The number of rotatable bonds is 7. The summed E-state index contributed by atoms with van der Waals surface area (Å²) in [5, 5.41) is 2.97. The molecule has 168 valence electrons. The van der Waals surface area contributed by atoms with Crippen LogP contribution in [0.3, 0.4) is 0 Å². The van der Waals surface area contributed by atoms with Crippen LogP contribution in [0.2, 0.25) is 0 Å². The lowest BCUT2D eigenvalue weighted by Gasteiger charge is -2.31. The zero-order valence-corrected chi connectivity index (χ0v) is 21.1. The fourth-order valence-corrected chi connectivity index (χ4v) is 3.47. The number of hydrogen-bond acceptors (Lipinski definition) is 3. The maximum atomic E-state index is 13.2. The van der Waals surface area contributed by atoms with Gasteiger partial charge in [-0.15, -0.1) is 0 Å². The summed E-state index contributed by atoms with van der Waals surface area (Å²) in [6, 6.07) is 11.0. The van der Waals surface area contributed by atoms with Gasteiger partial charge in [0.1, 0.15) is 11.8 Å². The lowest BCUT2D eigenvalue weighted by molar-refractivity contribution is -0.142. The molecule has 0 spiro atoms. The third-order valence-corrected chi connectivity index (χ3v) is 6.29. The smallest absolute Gasteiger partial charge is 0.261 e. The number of nitrogens with one attached hydrogen (secondary N) is 1. The van der Waals surface area contributed by atoms with Gasteiger partial charge in [0.25, 0.3) is 5.91 Å². The van der Waals surface area contributed by atoms with Crippen LogP contribution in [0.1, 0.15) is 49.9 Å². The van der Waals surface area contributed by atoms with E-state index >= 15 is 0 Å². The maximum Gasteiger partial charge on any atom is 0.261 e. The summed E-state index contributed by atoms with van der Waals surface area (Å²) in [4.78, 5) is 27.6. The molecule has 0 bridgehead atoms. The van der Waals surface area contributed by atoms with Gasteiger partial charge in [-0.05, 0) is 82.9 Å².